The topological polar surface area (TPSA) is 85.1 Å². The third kappa shape index (κ3) is 2.69. The number of halogens is 2. The zero-order valence-corrected chi connectivity index (χ0v) is 11.2. The second-order valence-electron chi connectivity index (χ2n) is 4.10. The van der Waals surface area contributed by atoms with E-state index in [9.17, 15) is 17.2 Å². The third-order valence-corrected chi connectivity index (χ3v) is 3.93. The minimum atomic E-state index is -4.06. The molecule has 5 nitrogen and oxygen atoms in total. The van der Waals surface area contributed by atoms with Crippen molar-refractivity contribution in [2.75, 3.05) is 10.5 Å². The fourth-order valence-electron chi connectivity index (χ4n) is 1.58. The van der Waals surface area contributed by atoms with Crippen LogP contribution in [0.15, 0.2) is 35.5 Å². The second kappa shape index (κ2) is 5.04. The highest BCUT2D eigenvalue weighted by Gasteiger charge is 2.19. The molecule has 20 heavy (non-hydrogen) atoms. The van der Waals surface area contributed by atoms with Crippen LogP contribution < -0.4 is 10.5 Å². The molecular weight excluding hydrogens is 288 g/mol. The molecule has 1 aromatic carbocycles. The molecule has 0 saturated carbocycles. The number of rotatable bonds is 3. The Hall–Kier alpha value is -2.22. The first-order valence-electron chi connectivity index (χ1n) is 5.49. The van der Waals surface area contributed by atoms with Crippen molar-refractivity contribution in [3.05, 3.63) is 47.8 Å². The van der Waals surface area contributed by atoms with Crippen LogP contribution in [0.1, 0.15) is 5.56 Å². The number of hydrogen-bond donors (Lipinski definition) is 2. The Morgan fingerprint density at radius 1 is 1.30 bits per heavy atom. The smallest absolute Gasteiger partial charge is 0.262 e. The highest BCUT2D eigenvalue weighted by atomic mass is 32.2. The van der Waals surface area contributed by atoms with Crippen molar-refractivity contribution in [3.8, 4) is 0 Å². The predicted octanol–water partition coefficient (Wildman–Crippen LogP) is 2.05. The van der Waals surface area contributed by atoms with Crippen LogP contribution in [0.5, 0.6) is 0 Å². The molecule has 0 saturated heterocycles. The number of nitrogen functional groups attached to an aromatic ring is 1. The van der Waals surface area contributed by atoms with Crippen molar-refractivity contribution in [1.82, 2.24) is 4.98 Å². The Morgan fingerprint density at radius 3 is 2.60 bits per heavy atom. The molecule has 1 heterocycles. The van der Waals surface area contributed by atoms with Crippen LogP contribution in [0.3, 0.4) is 0 Å². The van der Waals surface area contributed by atoms with Gasteiger partial charge in [0, 0.05) is 6.20 Å². The molecule has 0 aliphatic carbocycles. The van der Waals surface area contributed by atoms with E-state index in [1.165, 1.54) is 19.2 Å². The van der Waals surface area contributed by atoms with E-state index in [4.69, 9.17) is 5.73 Å². The summed E-state index contributed by atoms with van der Waals surface area (Å²) in [5.74, 6) is -1.50. The number of sulfonamides is 1. The van der Waals surface area contributed by atoms with Gasteiger partial charge in [0.2, 0.25) is 0 Å². The minimum absolute atomic E-state index is 0.0839. The molecule has 0 atom stereocenters. The van der Waals surface area contributed by atoms with Gasteiger partial charge < -0.3 is 5.73 Å². The molecule has 0 fully saturated rings. The number of aryl methyl sites for hydroxylation is 1. The zero-order chi connectivity index (χ0) is 14.9. The third-order valence-electron chi connectivity index (χ3n) is 2.58. The van der Waals surface area contributed by atoms with Gasteiger partial charge in [-0.3, -0.25) is 9.71 Å². The lowest BCUT2D eigenvalue weighted by Crippen LogP contribution is -2.15. The molecule has 3 N–H and O–H groups in total. The first-order valence-corrected chi connectivity index (χ1v) is 6.97. The van der Waals surface area contributed by atoms with Crippen molar-refractivity contribution in [2.45, 2.75) is 11.8 Å². The lowest BCUT2D eigenvalue weighted by molar-refractivity contribution is 0.596. The SMILES string of the molecule is Cc1cc(S(=O)(=O)Nc2ccncc2F)cc(N)c1F. The summed E-state index contributed by atoms with van der Waals surface area (Å²) in [6.07, 6.45) is 2.12. The summed E-state index contributed by atoms with van der Waals surface area (Å²) >= 11 is 0. The van der Waals surface area contributed by atoms with Gasteiger partial charge in [-0.15, -0.1) is 0 Å². The van der Waals surface area contributed by atoms with E-state index >= 15 is 0 Å². The highest BCUT2D eigenvalue weighted by molar-refractivity contribution is 7.92. The van der Waals surface area contributed by atoms with E-state index in [-0.39, 0.29) is 21.8 Å². The highest BCUT2D eigenvalue weighted by Crippen LogP contribution is 2.23. The Kier molecular flexibility index (Phi) is 3.58. The maximum atomic E-state index is 13.4. The van der Waals surface area contributed by atoms with Gasteiger partial charge >= 0.3 is 0 Å². The van der Waals surface area contributed by atoms with Crippen molar-refractivity contribution in [3.63, 3.8) is 0 Å². The predicted molar refractivity (Wildman–Crippen MR) is 70.6 cm³/mol. The van der Waals surface area contributed by atoms with Crippen molar-refractivity contribution in [2.24, 2.45) is 0 Å². The van der Waals surface area contributed by atoms with E-state index < -0.39 is 21.7 Å². The summed E-state index contributed by atoms with van der Waals surface area (Å²) in [5.41, 5.74) is 4.93. The summed E-state index contributed by atoms with van der Waals surface area (Å²) < 4.78 is 53.0. The fourth-order valence-corrected chi connectivity index (χ4v) is 2.77. The minimum Gasteiger partial charge on any atom is -0.396 e. The maximum Gasteiger partial charge on any atom is 0.262 e. The molecule has 8 heteroatoms. The number of aromatic nitrogens is 1. The molecule has 2 rings (SSSR count). The van der Waals surface area contributed by atoms with Crippen LogP contribution in [-0.2, 0) is 10.0 Å². The first kappa shape index (κ1) is 14.2. The van der Waals surface area contributed by atoms with E-state index in [1.807, 2.05) is 0 Å². The number of pyridine rings is 1. The van der Waals surface area contributed by atoms with Crippen LogP contribution in [0.4, 0.5) is 20.2 Å². The molecule has 0 aliphatic rings. The molecule has 2 aromatic rings. The van der Waals surface area contributed by atoms with Crippen molar-refractivity contribution >= 4 is 21.4 Å². The molecule has 0 bridgehead atoms. The Bertz CT molecular complexity index is 740. The number of nitrogens with two attached hydrogens (primary N) is 1. The lowest BCUT2D eigenvalue weighted by atomic mass is 10.2. The molecule has 0 aliphatic heterocycles. The van der Waals surface area contributed by atoms with E-state index in [0.29, 0.717) is 0 Å². The molecule has 106 valence electrons. The molecular formula is C12H11F2N3O2S. The zero-order valence-electron chi connectivity index (χ0n) is 10.4. The van der Waals surface area contributed by atoms with Crippen LogP contribution in [0, 0.1) is 18.6 Å². The van der Waals surface area contributed by atoms with Gasteiger partial charge in [0.25, 0.3) is 10.0 Å². The van der Waals surface area contributed by atoms with Gasteiger partial charge in [-0.1, -0.05) is 0 Å². The summed E-state index contributed by atoms with van der Waals surface area (Å²) in [6.45, 7) is 1.39. The molecule has 1 aromatic heterocycles. The van der Waals surface area contributed by atoms with E-state index in [1.54, 1.807) is 0 Å². The Labute approximate surface area is 114 Å². The average Bonchev–Trinajstić information content (AvgIpc) is 2.38. The molecule has 0 radical (unpaired) electrons. The Morgan fingerprint density at radius 2 is 2.00 bits per heavy atom. The van der Waals surface area contributed by atoms with Crippen LogP contribution in [-0.4, -0.2) is 13.4 Å². The van der Waals surface area contributed by atoms with Gasteiger partial charge in [-0.2, -0.15) is 0 Å². The van der Waals surface area contributed by atoms with E-state index in [2.05, 4.69) is 9.71 Å². The number of nitrogens with one attached hydrogen (secondary N) is 1. The van der Waals surface area contributed by atoms with Gasteiger partial charge in [0.1, 0.15) is 5.82 Å². The van der Waals surface area contributed by atoms with Crippen LogP contribution in [0.2, 0.25) is 0 Å². The quantitative estimate of drug-likeness (QED) is 0.849. The monoisotopic (exact) mass is 299 g/mol. The van der Waals surface area contributed by atoms with E-state index in [0.717, 1.165) is 18.3 Å². The van der Waals surface area contributed by atoms with Gasteiger partial charge in [0.05, 0.1) is 22.5 Å². The van der Waals surface area contributed by atoms with Crippen LogP contribution in [0.25, 0.3) is 0 Å². The molecule has 0 spiro atoms. The number of anilines is 2. The number of hydrogen-bond acceptors (Lipinski definition) is 4. The molecule has 0 amide bonds. The van der Waals surface area contributed by atoms with Gasteiger partial charge in [0.15, 0.2) is 5.82 Å². The second-order valence-corrected chi connectivity index (χ2v) is 5.79. The van der Waals surface area contributed by atoms with Gasteiger partial charge in [-0.25, -0.2) is 17.2 Å². The first-order chi connectivity index (χ1) is 9.31. The standard InChI is InChI=1S/C12H11F2N3O2S/c1-7-4-8(5-10(15)12(7)14)20(18,19)17-11-2-3-16-6-9(11)13/h2-6H,15H2,1H3,(H,16,17). The number of benzene rings is 1. The maximum absolute atomic E-state index is 13.4. The summed E-state index contributed by atoms with van der Waals surface area (Å²) in [7, 11) is -4.06. The largest absolute Gasteiger partial charge is 0.396 e. The average molecular weight is 299 g/mol. The fraction of sp³-hybridized carbons (Fsp3) is 0.0833. The van der Waals surface area contributed by atoms with Crippen molar-refractivity contribution < 1.29 is 17.2 Å². The van der Waals surface area contributed by atoms with Gasteiger partial charge in [-0.05, 0) is 30.7 Å². The van der Waals surface area contributed by atoms with Crippen molar-refractivity contribution in [1.29, 1.82) is 0 Å². The normalized spacial score (nSPS) is 11.3. The van der Waals surface area contributed by atoms with Crippen LogP contribution >= 0.6 is 0 Å². The summed E-state index contributed by atoms with van der Waals surface area (Å²) in [6, 6.07) is 3.27. The lowest BCUT2D eigenvalue weighted by Gasteiger charge is -2.10. The Balaban J connectivity index is 2.44. The summed E-state index contributed by atoms with van der Waals surface area (Å²) in [5, 5.41) is 0. The summed E-state index contributed by atoms with van der Waals surface area (Å²) in [4.78, 5) is 3.26. The molecule has 0 unspecified atom stereocenters. The number of nitrogens with zero attached hydrogens (tertiary/aromatic N) is 1.